The lowest BCUT2D eigenvalue weighted by Crippen LogP contribution is -2.38. The normalized spacial score (nSPS) is 15.6. The molecule has 7 heteroatoms. The summed E-state index contributed by atoms with van der Waals surface area (Å²) in [5.41, 5.74) is 1.89. The van der Waals surface area contributed by atoms with Gasteiger partial charge < -0.3 is 0 Å². The Morgan fingerprint density at radius 2 is 2.00 bits per heavy atom. The average molecular weight is 305 g/mol. The Kier molecular flexibility index (Phi) is 3.60. The second-order valence-corrected chi connectivity index (χ2v) is 7.00. The second-order valence-electron chi connectivity index (χ2n) is 5.03. The van der Waals surface area contributed by atoms with E-state index >= 15 is 0 Å². The first kappa shape index (κ1) is 14.0. The topological polar surface area (TPSA) is 83.1 Å². The van der Waals surface area contributed by atoms with Crippen molar-refractivity contribution < 1.29 is 8.42 Å². The van der Waals surface area contributed by atoms with Gasteiger partial charge in [0, 0.05) is 25.6 Å². The molecular weight excluding hydrogens is 290 g/mol. The van der Waals surface area contributed by atoms with Crippen molar-refractivity contribution in [3.8, 4) is 0 Å². The summed E-state index contributed by atoms with van der Waals surface area (Å²) in [6.07, 6.45) is 0.514. The number of hydrogen-bond donors (Lipinski definition) is 1. The molecular formula is C14H15N3O3S. The Labute approximate surface area is 122 Å². The fourth-order valence-corrected chi connectivity index (χ4v) is 3.94. The Morgan fingerprint density at radius 3 is 2.76 bits per heavy atom. The molecule has 1 aromatic heterocycles. The molecule has 0 atom stereocenters. The van der Waals surface area contributed by atoms with Crippen LogP contribution in [0.1, 0.15) is 16.8 Å². The Morgan fingerprint density at radius 1 is 1.24 bits per heavy atom. The summed E-state index contributed by atoms with van der Waals surface area (Å²) < 4.78 is 26.4. The molecule has 0 radical (unpaired) electrons. The van der Waals surface area contributed by atoms with Gasteiger partial charge in [0.05, 0.1) is 11.4 Å². The van der Waals surface area contributed by atoms with E-state index in [4.69, 9.17) is 0 Å². The van der Waals surface area contributed by atoms with Crippen molar-refractivity contribution in [2.24, 2.45) is 0 Å². The largest absolute Gasteiger partial charge is 0.268 e. The molecule has 1 aromatic carbocycles. The summed E-state index contributed by atoms with van der Waals surface area (Å²) in [5, 5.41) is 6.34. The van der Waals surface area contributed by atoms with E-state index in [0.717, 1.165) is 11.3 Å². The van der Waals surface area contributed by atoms with E-state index in [2.05, 4.69) is 10.2 Å². The Balaban J connectivity index is 1.83. The lowest BCUT2D eigenvalue weighted by molar-refractivity contribution is 0.385. The molecule has 0 saturated heterocycles. The summed E-state index contributed by atoms with van der Waals surface area (Å²) in [7, 11) is -3.40. The monoisotopic (exact) mass is 305 g/mol. The van der Waals surface area contributed by atoms with E-state index in [0.29, 0.717) is 18.5 Å². The molecule has 2 aromatic rings. The molecule has 0 amide bonds. The highest BCUT2D eigenvalue weighted by Gasteiger charge is 2.27. The van der Waals surface area contributed by atoms with E-state index in [1.165, 1.54) is 10.4 Å². The van der Waals surface area contributed by atoms with Gasteiger partial charge in [-0.3, -0.25) is 4.79 Å². The van der Waals surface area contributed by atoms with Gasteiger partial charge in [-0.2, -0.15) is 9.40 Å². The van der Waals surface area contributed by atoms with Crippen LogP contribution < -0.4 is 5.56 Å². The van der Waals surface area contributed by atoms with Crippen LogP contribution in [0, 0.1) is 0 Å². The summed E-state index contributed by atoms with van der Waals surface area (Å²) >= 11 is 0. The molecule has 0 fully saturated rings. The van der Waals surface area contributed by atoms with Crippen molar-refractivity contribution in [2.45, 2.75) is 18.7 Å². The quantitative estimate of drug-likeness (QED) is 0.903. The number of aromatic nitrogens is 2. The molecule has 1 aliphatic heterocycles. The molecule has 110 valence electrons. The van der Waals surface area contributed by atoms with Crippen molar-refractivity contribution in [1.29, 1.82) is 0 Å². The zero-order chi connectivity index (χ0) is 14.9. The maximum atomic E-state index is 12.5. The Hall–Kier alpha value is -1.99. The van der Waals surface area contributed by atoms with Crippen LogP contribution in [0.4, 0.5) is 0 Å². The van der Waals surface area contributed by atoms with Gasteiger partial charge in [0.25, 0.3) is 5.56 Å². The summed E-state index contributed by atoms with van der Waals surface area (Å²) in [5.74, 6) is -0.0280. The molecule has 3 rings (SSSR count). The fraction of sp³-hybridized carbons (Fsp3) is 0.286. The molecule has 0 spiro atoms. The first-order valence-electron chi connectivity index (χ1n) is 6.64. The maximum Gasteiger partial charge on any atom is 0.264 e. The minimum absolute atomic E-state index is 0.0280. The zero-order valence-corrected chi connectivity index (χ0v) is 12.1. The molecule has 1 N–H and O–H groups in total. The predicted octanol–water partition coefficient (Wildman–Crippen LogP) is 0.658. The number of benzene rings is 1. The standard InChI is InChI=1S/C14H15N3O3S/c18-14-8-12-9-17(7-6-13(12)15-16-14)21(19,20)10-11-4-2-1-3-5-11/h1-5,8H,6-7,9-10H2,(H,16,18). The number of hydrogen-bond acceptors (Lipinski definition) is 4. The van der Waals surface area contributed by atoms with Crippen LogP contribution in [0.25, 0.3) is 0 Å². The Bertz CT molecular complexity index is 800. The van der Waals surface area contributed by atoms with Crippen LogP contribution in [0.5, 0.6) is 0 Å². The molecule has 0 unspecified atom stereocenters. The second kappa shape index (κ2) is 5.42. The van der Waals surface area contributed by atoms with Crippen molar-refractivity contribution in [3.05, 3.63) is 63.6 Å². The van der Waals surface area contributed by atoms with Gasteiger partial charge in [0.2, 0.25) is 10.0 Å². The molecule has 0 aliphatic carbocycles. The number of nitrogens with one attached hydrogen (secondary N) is 1. The molecule has 21 heavy (non-hydrogen) atoms. The third-order valence-corrected chi connectivity index (χ3v) is 5.30. The summed E-state index contributed by atoms with van der Waals surface area (Å²) in [4.78, 5) is 11.3. The van der Waals surface area contributed by atoms with Gasteiger partial charge in [0.15, 0.2) is 0 Å². The van der Waals surface area contributed by atoms with Crippen molar-refractivity contribution in [2.75, 3.05) is 6.54 Å². The smallest absolute Gasteiger partial charge is 0.264 e. The van der Waals surface area contributed by atoms with E-state index in [1.807, 2.05) is 18.2 Å². The minimum Gasteiger partial charge on any atom is -0.268 e. The van der Waals surface area contributed by atoms with Gasteiger partial charge in [-0.15, -0.1) is 0 Å². The predicted molar refractivity (Wildman–Crippen MR) is 78.0 cm³/mol. The highest BCUT2D eigenvalue weighted by atomic mass is 32.2. The van der Waals surface area contributed by atoms with E-state index in [1.54, 1.807) is 12.1 Å². The van der Waals surface area contributed by atoms with Crippen LogP contribution in [-0.2, 0) is 28.7 Å². The van der Waals surface area contributed by atoms with Crippen LogP contribution in [0.2, 0.25) is 0 Å². The van der Waals surface area contributed by atoms with Crippen LogP contribution in [-0.4, -0.2) is 29.5 Å². The lowest BCUT2D eigenvalue weighted by Gasteiger charge is -2.27. The van der Waals surface area contributed by atoms with Crippen LogP contribution in [0.15, 0.2) is 41.2 Å². The highest BCUT2D eigenvalue weighted by Crippen LogP contribution is 2.20. The zero-order valence-electron chi connectivity index (χ0n) is 11.3. The molecule has 0 saturated carbocycles. The van der Waals surface area contributed by atoms with Gasteiger partial charge in [-0.25, -0.2) is 13.5 Å². The summed E-state index contributed by atoms with van der Waals surface area (Å²) in [6, 6.07) is 10.5. The van der Waals surface area contributed by atoms with Crippen molar-refractivity contribution in [1.82, 2.24) is 14.5 Å². The van der Waals surface area contributed by atoms with Gasteiger partial charge >= 0.3 is 0 Å². The number of aromatic amines is 1. The van der Waals surface area contributed by atoms with Crippen molar-refractivity contribution in [3.63, 3.8) is 0 Å². The van der Waals surface area contributed by atoms with Crippen LogP contribution in [0.3, 0.4) is 0 Å². The highest BCUT2D eigenvalue weighted by molar-refractivity contribution is 7.88. The summed E-state index contributed by atoms with van der Waals surface area (Å²) in [6.45, 7) is 0.600. The lowest BCUT2D eigenvalue weighted by atomic mass is 10.1. The van der Waals surface area contributed by atoms with Crippen LogP contribution >= 0.6 is 0 Å². The fourth-order valence-electron chi connectivity index (χ4n) is 2.43. The number of rotatable bonds is 3. The van der Waals surface area contributed by atoms with E-state index in [9.17, 15) is 13.2 Å². The SMILES string of the molecule is O=c1cc2c(n[nH]1)CCN(S(=O)(=O)Cc1ccccc1)C2. The number of nitrogens with zero attached hydrogens (tertiary/aromatic N) is 2. The average Bonchev–Trinajstić information content (AvgIpc) is 2.47. The molecule has 2 heterocycles. The number of H-pyrrole nitrogens is 1. The minimum atomic E-state index is -3.40. The maximum absolute atomic E-state index is 12.5. The van der Waals surface area contributed by atoms with Crippen molar-refractivity contribution >= 4 is 10.0 Å². The van der Waals surface area contributed by atoms with Gasteiger partial charge in [0.1, 0.15) is 0 Å². The molecule has 6 nitrogen and oxygen atoms in total. The van der Waals surface area contributed by atoms with Gasteiger partial charge in [-0.1, -0.05) is 30.3 Å². The first-order chi connectivity index (χ1) is 10.0. The van der Waals surface area contributed by atoms with E-state index < -0.39 is 10.0 Å². The number of fused-ring (bicyclic) bond motifs is 1. The molecule has 1 aliphatic rings. The van der Waals surface area contributed by atoms with Gasteiger partial charge in [-0.05, 0) is 11.1 Å². The number of sulfonamides is 1. The third-order valence-electron chi connectivity index (χ3n) is 3.51. The van der Waals surface area contributed by atoms with E-state index in [-0.39, 0.29) is 17.9 Å². The molecule has 0 bridgehead atoms. The third kappa shape index (κ3) is 3.03. The first-order valence-corrected chi connectivity index (χ1v) is 8.25.